The number of benzene rings is 1. The van der Waals surface area contributed by atoms with Crippen molar-refractivity contribution in [3.8, 4) is 0 Å². The monoisotopic (exact) mass is 464 g/mol. The molecular weight excluding hydrogens is 432 g/mol. The second-order valence-corrected chi connectivity index (χ2v) is 9.55. The number of nitrogens with zero attached hydrogens (tertiary/aromatic N) is 5. The van der Waals surface area contributed by atoms with Crippen LogP contribution in [-0.4, -0.2) is 92.5 Å². The molecule has 34 heavy (non-hydrogen) atoms. The number of nitrogens with one attached hydrogen (secondary N) is 1. The Bertz CT molecular complexity index is 1050. The van der Waals surface area contributed by atoms with Gasteiger partial charge in [0.05, 0.1) is 12.1 Å². The van der Waals surface area contributed by atoms with Gasteiger partial charge in [-0.2, -0.15) is 0 Å². The van der Waals surface area contributed by atoms with Crippen molar-refractivity contribution in [2.45, 2.75) is 50.9 Å². The average Bonchev–Trinajstić information content (AvgIpc) is 3.25. The Morgan fingerprint density at radius 3 is 2.56 bits per heavy atom. The number of hydrogen-bond acceptors (Lipinski definition) is 7. The molecule has 9 heteroatoms. The van der Waals surface area contributed by atoms with Crippen LogP contribution in [0.3, 0.4) is 0 Å². The van der Waals surface area contributed by atoms with E-state index in [0.717, 1.165) is 45.4 Å². The number of aliphatic hydroxyl groups is 1. The minimum absolute atomic E-state index is 0.0804. The van der Waals surface area contributed by atoms with Crippen LogP contribution < -0.4 is 5.32 Å². The van der Waals surface area contributed by atoms with Crippen LogP contribution in [0.15, 0.2) is 36.7 Å². The van der Waals surface area contributed by atoms with Crippen molar-refractivity contribution >= 4 is 17.6 Å². The molecule has 1 aromatic heterocycles. The zero-order chi connectivity index (χ0) is 23.7. The van der Waals surface area contributed by atoms with Crippen LogP contribution in [0, 0.1) is 0 Å². The van der Waals surface area contributed by atoms with Crippen LogP contribution in [-0.2, 0) is 17.8 Å². The SMILES string of the molecule is CC(=O)N1CCC(Nc2cc(C(=O)N3C[C@@H](N4CCc5ccccc5C4)[C@@H](O)C3)ncn2)CC1. The maximum atomic E-state index is 13.2. The van der Waals surface area contributed by atoms with Gasteiger partial charge < -0.3 is 20.2 Å². The van der Waals surface area contributed by atoms with E-state index in [9.17, 15) is 14.7 Å². The summed E-state index contributed by atoms with van der Waals surface area (Å²) in [4.78, 5) is 39.1. The van der Waals surface area contributed by atoms with Crippen molar-refractivity contribution in [2.24, 2.45) is 0 Å². The zero-order valence-corrected chi connectivity index (χ0v) is 19.6. The lowest BCUT2D eigenvalue weighted by Gasteiger charge is -2.34. The van der Waals surface area contributed by atoms with Gasteiger partial charge in [0.25, 0.3) is 5.91 Å². The first kappa shape index (κ1) is 22.7. The number of carbonyl (C=O) groups is 2. The molecule has 5 rings (SSSR count). The van der Waals surface area contributed by atoms with Crippen LogP contribution in [0.5, 0.6) is 0 Å². The van der Waals surface area contributed by atoms with Crippen molar-refractivity contribution < 1.29 is 14.7 Å². The van der Waals surface area contributed by atoms with Gasteiger partial charge in [0.2, 0.25) is 5.91 Å². The zero-order valence-electron chi connectivity index (χ0n) is 19.6. The molecule has 0 saturated carbocycles. The fourth-order valence-corrected chi connectivity index (χ4v) is 5.36. The summed E-state index contributed by atoms with van der Waals surface area (Å²) < 4.78 is 0. The molecule has 0 bridgehead atoms. The fourth-order valence-electron chi connectivity index (χ4n) is 5.36. The highest BCUT2D eigenvalue weighted by Crippen LogP contribution is 2.26. The summed E-state index contributed by atoms with van der Waals surface area (Å²) in [7, 11) is 0. The third-order valence-electron chi connectivity index (χ3n) is 7.35. The second-order valence-electron chi connectivity index (χ2n) is 9.55. The van der Waals surface area contributed by atoms with E-state index in [2.05, 4.69) is 44.5 Å². The molecule has 1 aromatic carbocycles. The Morgan fingerprint density at radius 2 is 1.79 bits per heavy atom. The number of carbonyl (C=O) groups excluding carboxylic acids is 2. The van der Waals surface area contributed by atoms with Gasteiger partial charge >= 0.3 is 0 Å². The van der Waals surface area contributed by atoms with Gasteiger partial charge in [-0.05, 0) is 30.4 Å². The van der Waals surface area contributed by atoms with Crippen LogP contribution in [0.4, 0.5) is 5.82 Å². The van der Waals surface area contributed by atoms with E-state index < -0.39 is 6.10 Å². The first-order chi connectivity index (χ1) is 16.5. The van der Waals surface area contributed by atoms with Crippen LogP contribution in [0.1, 0.15) is 41.4 Å². The number of likely N-dealkylation sites (tertiary alicyclic amines) is 2. The molecule has 4 heterocycles. The van der Waals surface area contributed by atoms with Gasteiger partial charge in [-0.25, -0.2) is 9.97 Å². The van der Waals surface area contributed by atoms with E-state index in [1.807, 2.05) is 4.90 Å². The third-order valence-corrected chi connectivity index (χ3v) is 7.35. The second kappa shape index (κ2) is 9.68. The molecule has 2 N–H and O–H groups in total. The number of piperidine rings is 1. The molecule has 2 saturated heterocycles. The molecule has 2 atom stereocenters. The van der Waals surface area contributed by atoms with E-state index in [-0.39, 0.29) is 23.9 Å². The molecule has 2 amide bonds. The molecular formula is C25H32N6O3. The molecule has 0 radical (unpaired) electrons. The van der Waals surface area contributed by atoms with Gasteiger partial charge in [0.15, 0.2) is 0 Å². The van der Waals surface area contributed by atoms with E-state index in [4.69, 9.17) is 0 Å². The minimum atomic E-state index is -0.583. The third kappa shape index (κ3) is 4.76. The van der Waals surface area contributed by atoms with Crippen molar-refractivity contribution in [1.82, 2.24) is 24.7 Å². The maximum Gasteiger partial charge on any atom is 0.272 e. The van der Waals surface area contributed by atoms with Gasteiger partial charge in [-0.15, -0.1) is 0 Å². The number of fused-ring (bicyclic) bond motifs is 1. The molecule has 0 unspecified atom stereocenters. The summed E-state index contributed by atoms with van der Waals surface area (Å²) in [5, 5.41) is 14.2. The van der Waals surface area contributed by atoms with Crippen LogP contribution >= 0.6 is 0 Å². The summed E-state index contributed by atoms with van der Waals surface area (Å²) in [5.74, 6) is 0.535. The molecule has 2 aromatic rings. The summed E-state index contributed by atoms with van der Waals surface area (Å²) in [6, 6.07) is 10.2. The molecule has 0 aliphatic carbocycles. The Morgan fingerprint density at radius 1 is 1.03 bits per heavy atom. The van der Waals surface area contributed by atoms with Crippen molar-refractivity contribution in [2.75, 3.05) is 38.0 Å². The molecule has 9 nitrogen and oxygen atoms in total. The highest BCUT2D eigenvalue weighted by molar-refractivity contribution is 5.93. The topological polar surface area (TPSA) is 102 Å². The Kier molecular flexibility index (Phi) is 6.47. The van der Waals surface area contributed by atoms with E-state index in [1.165, 1.54) is 17.5 Å². The molecule has 0 spiro atoms. The van der Waals surface area contributed by atoms with Crippen LogP contribution in [0.25, 0.3) is 0 Å². The number of β-amino-alcohol motifs (C(OH)–C–C–N with tert-alkyl or cyclic N) is 1. The van der Waals surface area contributed by atoms with Gasteiger partial charge in [0, 0.05) is 58.3 Å². The van der Waals surface area contributed by atoms with E-state index in [1.54, 1.807) is 17.9 Å². The van der Waals surface area contributed by atoms with E-state index >= 15 is 0 Å². The summed E-state index contributed by atoms with van der Waals surface area (Å²) >= 11 is 0. The Balaban J connectivity index is 1.20. The highest BCUT2D eigenvalue weighted by Gasteiger charge is 2.39. The normalized spacial score (nSPS) is 23.6. The molecule has 180 valence electrons. The number of anilines is 1. The lowest BCUT2D eigenvalue weighted by atomic mass is 9.98. The summed E-state index contributed by atoms with van der Waals surface area (Å²) in [5.41, 5.74) is 2.99. The van der Waals surface area contributed by atoms with Crippen molar-refractivity contribution in [3.63, 3.8) is 0 Å². The molecule has 3 aliphatic heterocycles. The quantitative estimate of drug-likeness (QED) is 0.700. The average molecular weight is 465 g/mol. The van der Waals surface area contributed by atoms with Gasteiger partial charge in [0.1, 0.15) is 17.8 Å². The van der Waals surface area contributed by atoms with E-state index in [0.29, 0.717) is 24.6 Å². The first-order valence-electron chi connectivity index (χ1n) is 12.1. The lowest BCUT2D eigenvalue weighted by molar-refractivity contribution is -0.129. The van der Waals surface area contributed by atoms with Crippen molar-refractivity contribution in [1.29, 1.82) is 0 Å². The van der Waals surface area contributed by atoms with Gasteiger partial charge in [-0.1, -0.05) is 24.3 Å². The smallest absolute Gasteiger partial charge is 0.272 e. The largest absolute Gasteiger partial charge is 0.390 e. The number of rotatable bonds is 4. The van der Waals surface area contributed by atoms with Crippen LogP contribution in [0.2, 0.25) is 0 Å². The summed E-state index contributed by atoms with van der Waals surface area (Å²) in [6.45, 7) is 5.50. The highest BCUT2D eigenvalue weighted by atomic mass is 16.3. The number of amides is 2. The molecule has 2 fully saturated rings. The first-order valence-corrected chi connectivity index (χ1v) is 12.1. The van der Waals surface area contributed by atoms with Gasteiger partial charge in [-0.3, -0.25) is 14.5 Å². The summed E-state index contributed by atoms with van der Waals surface area (Å²) in [6.07, 6.45) is 3.46. The lowest BCUT2D eigenvalue weighted by Crippen LogP contribution is -2.45. The Hall–Kier alpha value is -3.04. The van der Waals surface area contributed by atoms with Crippen molar-refractivity contribution in [3.05, 3.63) is 53.5 Å². The number of aliphatic hydroxyl groups excluding tert-OH is 1. The Labute approximate surface area is 199 Å². The number of hydrogen-bond donors (Lipinski definition) is 2. The molecule has 3 aliphatic rings. The standard InChI is InChI=1S/C25H32N6O3/c1-17(32)29-10-7-20(8-11-29)28-24-12-21(26-16-27-24)25(34)31-14-22(23(33)15-31)30-9-6-18-4-2-3-5-19(18)13-30/h2-5,12,16,20,22-23,33H,6-11,13-15H2,1H3,(H,26,27,28)/t22-,23+/m1/s1. The fraction of sp³-hybridized carbons (Fsp3) is 0.520. The maximum absolute atomic E-state index is 13.2. The number of aromatic nitrogens is 2. The predicted molar refractivity (Wildman–Crippen MR) is 127 cm³/mol. The predicted octanol–water partition coefficient (Wildman–Crippen LogP) is 1.14. The minimum Gasteiger partial charge on any atom is -0.390 e.